The first-order valence-electron chi connectivity index (χ1n) is 6.49. The maximum atomic E-state index is 11.2. The zero-order valence-electron chi connectivity index (χ0n) is 11.5. The normalized spacial score (nSPS) is 11.9. The predicted octanol–water partition coefficient (Wildman–Crippen LogP) is 2.11. The van der Waals surface area contributed by atoms with Gasteiger partial charge in [0, 0.05) is 0 Å². The van der Waals surface area contributed by atoms with Gasteiger partial charge < -0.3 is 4.98 Å². The maximum absolute atomic E-state index is 11.2. The van der Waals surface area contributed by atoms with Gasteiger partial charge in [0.2, 0.25) is 10.0 Å². The lowest BCUT2D eigenvalue weighted by atomic mass is 10.0. The topological polar surface area (TPSA) is 88.8 Å². The standard InChI is InChI=1S/C15H15N3O2S/c1-10-17-14-4-2-3-12(15(14)18-10)9-11-5-7-13(8-6-11)21(16,19)20/h2-8H,9H2,1H3,(H,17,18)(H2,16,19,20). The molecule has 2 aromatic carbocycles. The second kappa shape index (κ2) is 4.98. The van der Waals surface area contributed by atoms with Crippen LogP contribution in [0.2, 0.25) is 0 Å². The van der Waals surface area contributed by atoms with Crippen molar-refractivity contribution in [3.63, 3.8) is 0 Å². The molecule has 1 aromatic heterocycles. The zero-order chi connectivity index (χ0) is 15.0. The number of hydrogen-bond acceptors (Lipinski definition) is 3. The van der Waals surface area contributed by atoms with E-state index in [9.17, 15) is 8.42 Å². The minimum Gasteiger partial charge on any atom is -0.342 e. The van der Waals surface area contributed by atoms with E-state index in [2.05, 4.69) is 9.97 Å². The molecule has 0 aliphatic heterocycles. The lowest BCUT2D eigenvalue weighted by Gasteiger charge is -2.04. The Balaban J connectivity index is 1.95. The number of para-hydroxylation sites is 1. The number of nitrogens with zero attached hydrogens (tertiary/aromatic N) is 1. The summed E-state index contributed by atoms with van der Waals surface area (Å²) in [5.74, 6) is 0.877. The Kier molecular flexibility index (Phi) is 3.27. The molecule has 0 spiro atoms. The fraction of sp³-hybridized carbons (Fsp3) is 0.133. The van der Waals surface area contributed by atoms with Gasteiger partial charge in [0.15, 0.2) is 0 Å². The first-order valence-corrected chi connectivity index (χ1v) is 8.04. The number of aryl methyl sites for hydroxylation is 1. The van der Waals surface area contributed by atoms with Gasteiger partial charge in [0.1, 0.15) is 5.82 Å². The third kappa shape index (κ3) is 2.81. The second-order valence-corrected chi connectivity index (χ2v) is 6.56. The van der Waals surface area contributed by atoms with E-state index in [1.807, 2.05) is 25.1 Å². The largest absolute Gasteiger partial charge is 0.342 e. The molecule has 21 heavy (non-hydrogen) atoms. The number of nitrogens with one attached hydrogen (secondary N) is 1. The molecule has 0 bridgehead atoms. The summed E-state index contributed by atoms with van der Waals surface area (Å²) >= 11 is 0. The summed E-state index contributed by atoms with van der Waals surface area (Å²) in [5.41, 5.74) is 4.06. The van der Waals surface area contributed by atoms with E-state index in [1.54, 1.807) is 12.1 Å². The number of aromatic nitrogens is 2. The average Bonchev–Trinajstić information content (AvgIpc) is 2.80. The fourth-order valence-corrected chi connectivity index (χ4v) is 2.89. The highest BCUT2D eigenvalue weighted by Crippen LogP contribution is 2.20. The molecular formula is C15H15N3O2S. The summed E-state index contributed by atoms with van der Waals surface area (Å²) < 4.78 is 22.5. The van der Waals surface area contributed by atoms with Crippen LogP contribution < -0.4 is 5.14 Å². The molecule has 5 nitrogen and oxygen atoms in total. The Morgan fingerprint density at radius 2 is 1.86 bits per heavy atom. The minimum atomic E-state index is -3.64. The summed E-state index contributed by atoms with van der Waals surface area (Å²) in [7, 11) is -3.64. The molecule has 6 heteroatoms. The van der Waals surface area contributed by atoms with E-state index >= 15 is 0 Å². The minimum absolute atomic E-state index is 0.125. The Morgan fingerprint density at radius 3 is 2.52 bits per heavy atom. The molecule has 0 fully saturated rings. The number of benzene rings is 2. The smallest absolute Gasteiger partial charge is 0.238 e. The molecule has 1 heterocycles. The lowest BCUT2D eigenvalue weighted by molar-refractivity contribution is 0.598. The number of nitrogens with two attached hydrogens (primary N) is 1. The lowest BCUT2D eigenvalue weighted by Crippen LogP contribution is -2.11. The molecule has 0 radical (unpaired) electrons. The van der Waals surface area contributed by atoms with Gasteiger partial charge in [0.25, 0.3) is 0 Å². The van der Waals surface area contributed by atoms with E-state index in [1.165, 1.54) is 12.1 Å². The Labute approximate surface area is 122 Å². The van der Waals surface area contributed by atoms with Crippen molar-refractivity contribution < 1.29 is 8.42 Å². The van der Waals surface area contributed by atoms with Crippen molar-refractivity contribution in [1.29, 1.82) is 0 Å². The number of imidazole rings is 1. The van der Waals surface area contributed by atoms with Crippen LogP contribution in [0.15, 0.2) is 47.4 Å². The van der Waals surface area contributed by atoms with Gasteiger partial charge >= 0.3 is 0 Å². The summed E-state index contributed by atoms with van der Waals surface area (Å²) in [6, 6.07) is 12.6. The molecule has 3 aromatic rings. The van der Waals surface area contributed by atoms with Crippen LogP contribution in [0.25, 0.3) is 11.0 Å². The highest BCUT2D eigenvalue weighted by atomic mass is 32.2. The molecular weight excluding hydrogens is 286 g/mol. The first-order chi connectivity index (χ1) is 9.93. The van der Waals surface area contributed by atoms with Gasteiger partial charge in [-0.05, 0) is 42.7 Å². The third-order valence-electron chi connectivity index (χ3n) is 3.36. The van der Waals surface area contributed by atoms with Crippen LogP contribution in [-0.4, -0.2) is 18.4 Å². The van der Waals surface area contributed by atoms with Gasteiger partial charge in [0.05, 0.1) is 15.9 Å². The Hall–Kier alpha value is -2.18. The Bertz CT molecular complexity index is 896. The molecule has 0 aliphatic rings. The van der Waals surface area contributed by atoms with Gasteiger partial charge in [-0.15, -0.1) is 0 Å². The van der Waals surface area contributed by atoms with E-state index in [0.29, 0.717) is 6.42 Å². The molecule has 3 rings (SSSR count). The summed E-state index contributed by atoms with van der Waals surface area (Å²) in [6.07, 6.45) is 0.687. The molecule has 108 valence electrons. The van der Waals surface area contributed by atoms with Crippen LogP contribution in [-0.2, 0) is 16.4 Å². The summed E-state index contributed by atoms with van der Waals surface area (Å²) in [6.45, 7) is 1.92. The van der Waals surface area contributed by atoms with Crippen molar-refractivity contribution in [3.05, 3.63) is 59.4 Å². The van der Waals surface area contributed by atoms with Gasteiger partial charge in [-0.3, -0.25) is 0 Å². The summed E-state index contributed by atoms with van der Waals surface area (Å²) in [5, 5.41) is 5.09. The maximum Gasteiger partial charge on any atom is 0.238 e. The number of H-pyrrole nitrogens is 1. The molecule has 0 unspecified atom stereocenters. The quantitative estimate of drug-likeness (QED) is 0.776. The first kappa shape index (κ1) is 13.8. The highest BCUT2D eigenvalue weighted by Gasteiger charge is 2.09. The van der Waals surface area contributed by atoms with Gasteiger partial charge in [-0.25, -0.2) is 18.5 Å². The fourth-order valence-electron chi connectivity index (χ4n) is 2.37. The number of fused-ring (bicyclic) bond motifs is 1. The van der Waals surface area contributed by atoms with Crippen molar-refractivity contribution in [3.8, 4) is 0 Å². The monoisotopic (exact) mass is 301 g/mol. The van der Waals surface area contributed by atoms with Crippen LogP contribution in [0.1, 0.15) is 17.0 Å². The second-order valence-electron chi connectivity index (χ2n) is 5.00. The van der Waals surface area contributed by atoms with Crippen LogP contribution in [0.5, 0.6) is 0 Å². The van der Waals surface area contributed by atoms with E-state index in [-0.39, 0.29) is 4.90 Å². The molecule has 0 saturated carbocycles. The number of rotatable bonds is 3. The van der Waals surface area contributed by atoms with Crippen LogP contribution in [0.4, 0.5) is 0 Å². The van der Waals surface area contributed by atoms with Gasteiger partial charge in [-0.1, -0.05) is 24.3 Å². The van der Waals surface area contributed by atoms with E-state index in [0.717, 1.165) is 28.0 Å². The van der Waals surface area contributed by atoms with Crippen molar-refractivity contribution in [2.24, 2.45) is 5.14 Å². The highest BCUT2D eigenvalue weighted by molar-refractivity contribution is 7.89. The van der Waals surface area contributed by atoms with Crippen LogP contribution in [0, 0.1) is 6.92 Å². The number of aromatic amines is 1. The van der Waals surface area contributed by atoms with E-state index in [4.69, 9.17) is 5.14 Å². The molecule has 0 aliphatic carbocycles. The predicted molar refractivity (Wildman–Crippen MR) is 81.5 cm³/mol. The zero-order valence-corrected chi connectivity index (χ0v) is 12.3. The van der Waals surface area contributed by atoms with Crippen molar-refractivity contribution >= 4 is 21.1 Å². The van der Waals surface area contributed by atoms with Gasteiger partial charge in [-0.2, -0.15) is 0 Å². The SMILES string of the molecule is Cc1nc2c(Cc3ccc(S(N)(=O)=O)cc3)cccc2[nH]1. The molecule has 0 amide bonds. The van der Waals surface area contributed by atoms with Crippen molar-refractivity contribution in [1.82, 2.24) is 9.97 Å². The number of primary sulfonamides is 1. The van der Waals surface area contributed by atoms with Crippen molar-refractivity contribution in [2.75, 3.05) is 0 Å². The Morgan fingerprint density at radius 1 is 1.14 bits per heavy atom. The van der Waals surface area contributed by atoms with Crippen molar-refractivity contribution in [2.45, 2.75) is 18.2 Å². The van der Waals surface area contributed by atoms with Crippen LogP contribution >= 0.6 is 0 Å². The molecule has 0 atom stereocenters. The molecule has 3 N–H and O–H groups in total. The van der Waals surface area contributed by atoms with Crippen LogP contribution in [0.3, 0.4) is 0 Å². The average molecular weight is 301 g/mol. The number of hydrogen-bond donors (Lipinski definition) is 2. The summed E-state index contributed by atoms with van der Waals surface area (Å²) in [4.78, 5) is 7.83. The molecule has 0 saturated heterocycles. The number of sulfonamides is 1. The third-order valence-corrected chi connectivity index (χ3v) is 4.29. The van der Waals surface area contributed by atoms with E-state index < -0.39 is 10.0 Å².